The average Bonchev–Trinajstić information content (AvgIpc) is 3.31. The van der Waals surface area contributed by atoms with Crippen LogP contribution in [0.3, 0.4) is 0 Å². The Morgan fingerprint density at radius 2 is 2.15 bits per heavy atom. The van der Waals surface area contributed by atoms with E-state index in [1.54, 1.807) is 24.4 Å². The predicted molar refractivity (Wildman–Crippen MR) is 101 cm³/mol. The third-order valence-electron chi connectivity index (χ3n) is 5.57. The molecule has 1 aliphatic carbocycles. The van der Waals surface area contributed by atoms with Crippen molar-refractivity contribution >= 4 is 29.1 Å². The topological polar surface area (TPSA) is 72.4 Å². The molecule has 2 fully saturated rings. The lowest BCUT2D eigenvalue weighted by molar-refractivity contribution is -0.130. The Bertz CT molecular complexity index is 823. The van der Waals surface area contributed by atoms with Crippen molar-refractivity contribution < 1.29 is 9.21 Å². The van der Waals surface area contributed by atoms with E-state index in [-0.39, 0.29) is 11.9 Å². The minimum atomic E-state index is 0.149. The van der Waals surface area contributed by atoms with E-state index in [0.29, 0.717) is 46.4 Å². The number of nitrogens with zero attached hydrogens (tertiary/aromatic N) is 2. The van der Waals surface area contributed by atoms with Crippen LogP contribution < -0.4 is 5.73 Å². The molecule has 1 amide bonds. The molecule has 3 atom stereocenters. The van der Waals surface area contributed by atoms with Crippen LogP contribution in [0.5, 0.6) is 0 Å². The van der Waals surface area contributed by atoms with Gasteiger partial charge in [0, 0.05) is 42.6 Å². The van der Waals surface area contributed by atoms with E-state index in [0.717, 1.165) is 31.5 Å². The fourth-order valence-electron chi connectivity index (χ4n) is 4.12. The number of hydrogen-bond acceptors (Lipinski definition) is 4. The molecule has 1 aliphatic heterocycles. The minimum Gasteiger partial charge on any atom is -0.441 e. The van der Waals surface area contributed by atoms with Crippen molar-refractivity contribution in [1.29, 1.82) is 0 Å². The Morgan fingerprint density at radius 1 is 1.31 bits per heavy atom. The van der Waals surface area contributed by atoms with Gasteiger partial charge in [0.05, 0.1) is 11.2 Å². The van der Waals surface area contributed by atoms with Crippen LogP contribution in [0.4, 0.5) is 0 Å². The van der Waals surface area contributed by atoms with Crippen molar-refractivity contribution in [1.82, 2.24) is 9.88 Å². The van der Waals surface area contributed by atoms with Crippen LogP contribution in [0.15, 0.2) is 28.8 Å². The monoisotopic (exact) mass is 393 g/mol. The molecule has 0 spiro atoms. The first-order chi connectivity index (χ1) is 12.5. The van der Waals surface area contributed by atoms with Gasteiger partial charge in [0.25, 0.3) is 0 Å². The third kappa shape index (κ3) is 3.48. The smallest absolute Gasteiger partial charge is 0.223 e. The molecule has 4 rings (SSSR count). The summed E-state index contributed by atoms with van der Waals surface area (Å²) >= 11 is 12.1. The van der Waals surface area contributed by atoms with Gasteiger partial charge >= 0.3 is 0 Å². The fourth-order valence-corrected chi connectivity index (χ4v) is 4.62. The third-order valence-corrected chi connectivity index (χ3v) is 6.12. The molecule has 138 valence electrons. The molecule has 2 aromatic rings. The van der Waals surface area contributed by atoms with Crippen molar-refractivity contribution in [3.05, 3.63) is 40.3 Å². The van der Waals surface area contributed by atoms with Crippen LogP contribution in [-0.2, 0) is 11.2 Å². The van der Waals surface area contributed by atoms with E-state index in [1.807, 2.05) is 4.90 Å². The second-order valence-electron chi connectivity index (χ2n) is 7.21. The van der Waals surface area contributed by atoms with E-state index >= 15 is 0 Å². The summed E-state index contributed by atoms with van der Waals surface area (Å²) in [5.74, 6) is 2.32. The Kier molecular flexibility index (Phi) is 4.95. The van der Waals surface area contributed by atoms with Gasteiger partial charge in [-0.25, -0.2) is 4.98 Å². The largest absolute Gasteiger partial charge is 0.441 e. The molecule has 2 N–H and O–H groups in total. The molecule has 0 radical (unpaired) electrons. The van der Waals surface area contributed by atoms with E-state index in [4.69, 9.17) is 33.4 Å². The van der Waals surface area contributed by atoms with Gasteiger partial charge in [-0.15, -0.1) is 0 Å². The molecule has 2 heterocycles. The van der Waals surface area contributed by atoms with Gasteiger partial charge in [0.1, 0.15) is 0 Å². The number of fused-ring (bicyclic) bond motifs is 1. The summed E-state index contributed by atoms with van der Waals surface area (Å²) in [6.07, 6.45) is 4.73. The number of carbonyl (C=O) groups excluding carboxylic acids is 1. The highest BCUT2D eigenvalue weighted by molar-refractivity contribution is 6.36. The molecule has 1 aromatic heterocycles. The van der Waals surface area contributed by atoms with Crippen molar-refractivity contribution in [2.24, 2.45) is 17.6 Å². The highest BCUT2D eigenvalue weighted by atomic mass is 35.5. The summed E-state index contributed by atoms with van der Waals surface area (Å²) in [5, 5.41) is 1.08. The van der Waals surface area contributed by atoms with E-state index in [1.165, 1.54) is 0 Å². The summed E-state index contributed by atoms with van der Waals surface area (Å²) in [5.41, 5.74) is 6.88. The van der Waals surface area contributed by atoms with Crippen LogP contribution in [-0.4, -0.2) is 34.9 Å². The van der Waals surface area contributed by atoms with Gasteiger partial charge in [0.15, 0.2) is 11.7 Å². The number of aryl methyl sites for hydroxylation is 1. The summed E-state index contributed by atoms with van der Waals surface area (Å²) in [7, 11) is 0. The van der Waals surface area contributed by atoms with Crippen molar-refractivity contribution in [2.45, 2.75) is 31.7 Å². The molecule has 0 bridgehead atoms. The predicted octanol–water partition coefficient (Wildman–Crippen LogP) is 3.78. The van der Waals surface area contributed by atoms with Gasteiger partial charge in [-0.1, -0.05) is 23.2 Å². The number of oxazole rings is 1. The van der Waals surface area contributed by atoms with Gasteiger partial charge < -0.3 is 15.1 Å². The highest BCUT2D eigenvalue weighted by Gasteiger charge is 2.42. The molecular weight excluding hydrogens is 373 g/mol. The number of aromatic nitrogens is 1. The lowest BCUT2D eigenvalue weighted by atomic mass is 9.98. The molecule has 26 heavy (non-hydrogen) atoms. The van der Waals surface area contributed by atoms with Gasteiger partial charge in [-0.05, 0) is 42.9 Å². The number of nitrogens with two attached hydrogens (primary N) is 1. The zero-order valence-electron chi connectivity index (χ0n) is 14.3. The Balaban J connectivity index is 1.35. The van der Waals surface area contributed by atoms with Crippen LogP contribution >= 0.6 is 23.2 Å². The zero-order valence-corrected chi connectivity index (χ0v) is 15.8. The van der Waals surface area contributed by atoms with Crippen molar-refractivity contribution in [2.75, 3.05) is 13.1 Å². The summed E-state index contributed by atoms with van der Waals surface area (Å²) in [6.45, 7) is 1.64. The average molecular weight is 394 g/mol. The van der Waals surface area contributed by atoms with E-state index in [9.17, 15) is 4.79 Å². The van der Waals surface area contributed by atoms with Crippen LogP contribution in [0, 0.1) is 11.8 Å². The molecule has 7 heteroatoms. The molecule has 1 saturated heterocycles. The number of amides is 1. The Hall–Kier alpha value is -1.56. The van der Waals surface area contributed by atoms with Gasteiger partial charge in [0.2, 0.25) is 5.91 Å². The summed E-state index contributed by atoms with van der Waals surface area (Å²) in [6, 6.07) is 5.46. The fraction of sp³-hybridized carbons (Fsp3) is 0.474. The second kappa shape index (κ2) is 7.22. The maximum absolute atomic E-state index is 12.5. The van der Waals surface area contributed by atoms with E-state index < -0.39 is 0 Å². The molecule has 5 nitrogen and oxygen atoms in total. The SMILES string of the molecule is NC1CCC2CN(C(=O)CCc3ncc(-c4ccc(Cl)cc4Cl)o3)CC12. The van der Waals surface area contributed by atoms with Crippen molar-refractivity contribution in [3.8, 4) is 11.3 Å². The second-order valence-corrected chi connectivity index (χ2v) is 8.05. The first-order valence-corrected chi connectivity index (χ1v) is 9.70. The molecule has 2 aliphatic rings. The standard InChI is InChI=1S/C19H21Cl2N3O2/c20-12-2-3-13(15(21)7-12)17-8-23-18(26-17)5-6-19(25)24-9-11-1-4-16(22)14(11)10-24/h2-3,7-8,11,14,16H,1,4-6,9-10,22H2. The van der Waals surface area contributed by atoms with E-state index in [2.05, 4.69) is 4.98 Å². The number of hydrogen-bond donors (Lipinski definition) is 1. The van der Waals surface area contributed by atoms with Crippen LogP contribution in [0.2, 0.25) is 10.0 Å². The number of halogens is 2. The first-order valence-electron chi connectivity index (χ1n) is 8.95. The minimum absolute atomic E-state index is 0.149. The zero-order chi connectivity index (χ0) is 18.3. The maximum atomic E-state index is 12.5. The van der Waals surface area contributed by atoms with Crippen LogP contribution in [0.25, 0.3) is 11.3 Å². The number of benzene rings is 1. The first kappa shape index (κ1) is 17.8. The molecular formula is C19H21Cl2N3O2. The Morgan fingerprint density at radius 3 is 2.92 bits per heavy atom. The summed E-state index contributed by atoms with van der Waals surface area (Å²) < 4.78 is 5.77. The van der Waals surface area contributed by atoms with Gasteiger partial charge in [-0.3, -0.25) is 4.79 Å². The van der Waals surface area contributed by atoms with Crippen molar-refractivity contribution in [3.63, 3.8) is 0 Å². The van der Waals surface area contributed by atoms with Crippen LogP contribution in [0.1, 0.15) is 25.2 Å². The van der Waals surface area contributed by atoms with Gasteiger partial charge in [-0.2, -0.15) is 0 Å². The molecule has 3 unspecified atom stereocenters. The normalized spacial score (nSPS) is 24.9. The maximum Gasteiger partial charge on any atom is 0.223 e. The lowest BCUT2D eigenvalue weighted by Gasteiger charge is -2.18. The number of rotatable bonds is 4. The number of carbonyl (C=O) groups is 1. The quantitative estimate of drug-likeness (QED) is 0.857. The number of likely N-dealkylation sites (tertiary alicyclic amines) is 1. The molecule has 1 saturated carbocycles. The highest BCUT2D eigenvalue weighted by Crippen LogP contribution is 2.37. The molecule has 1 aromatic carbocycles. The lowest BCUT2D eigenvalue weighted by Crippen LogP contribution is -2.33. The summed E-state index contributed by atoms with van der Waals surface area (Å²) in [4.78, 5) is 18.7. The Labute approximate surface area is 162 Å².